The molecule has 1 aromatic carbocycles. The van der Waals surface area contributed by atoms with Crippen molar-refractivity contribution in [3.8, 4) is 0 Å². The van der Waals surface area contributed by atoms with E-state index in [9.17, 15) is 14.0 Å². The van der Waals surface area contributed by atoms with E-state index in [1.807, 2.05) is 0 Å². The molecule has 8 heteroatoms. The Morgan fingerprint density at radius 1 is 1.04 bits per heavy atom. The molecule has 1 aliphatic rings. The Bertz CT molecular complexity index is 608. The van der Waals surface area contributed by atoms with Crippen LogP contribution in [0.3, 0.4) is 0 Å². The van der Waals surface area contributed by atoms with Gasteiger partial charge in [-0.1, -0.05) is 24.4 Å². The predicted molar refractivity (Wildman–Crippen MR) is 103 cm³/mol. The van der Waals surface area contributed by atoms with Crippen molar-refractivity contribution < 1.29 is 14.0 Å². The summed E-state index contributed by atoms with van der Waals surface area (Å²) in [5, 5.41) is 0.260. The first-order valence-corrected chi connectivity index (χ1v) is 9.13. The molecule has 1 aliphatic heterocycles. The Labute approximate surface area is 165 Å². The number of hydrogen-bond acceptors (Lipinski definition) is 3. The molecule has 26 heavy (non-hydrogen) atoms. The van der Waals surface area contributed by atoms with Crippen LogP contribution < -0.4 is 5.73 Å². The molecule has 0 bridgehead atoms. The lowest BCUT2D eigenvalue weighted by molar-refractivity contribution is -0.132. The molecule has 146 valence electrons. The number of halogens is 3. The zero-order chi connectivity index (χ0) is 18.2. The van der Waals surface area contributed by atoms with Gasteiger partial charge in [0.05, 0.1) is 5.56 Å². The summed E-state index contributed by atoms with van der Waals surface area (Å²) in [4.78, 5) is 28.0. The summed E-state index contributed by atoms with van der Waals surface area (Å²) in [6.45, 7) is 2.50. The number of piperazine rings is 1. The number of benzene rings is 1. The lowest BCUT2D eigenvalue weighted by Gasteiger charge is -2.35. The topological polar surface area (TPSA) is 66.6 Å². The molecule has 0 radical (unpaired) electrons. The van der Waals surface area contributed by atoms with E-state index in [2.05, 4.69) is 0 Å². The zero-order valence-corrected chi connectivity index (χ0v) is 16.3. The molecule has 0 atom stereocenters. The van der Waals surface area contributed by atoms with E-state index < -0.39 is 5.82 Å². The van der Waals surface area contributed by atoms with E-state index in [0.29, 0.717) is 39.1 Å². The summed E-state index contributed by atoms with van der Waals surface area (Å²) in [6.07, 6.45) is 4.46. The third-order valence-corrected chi connectivity index (χ3v) is 4.66. The highest BCUT2D eigenvalue weighted by atomic mass is 35.5. The first kappa shape index (κ1) is 22.7. The molecule has 1 fully saturated rings. The molecule has 1 heterocycles. The van der Waals surface area contributed by atoms with Crippen molar-refractivity contribution in [2.45, 2.75) is 32.1 Å². The molecule has 0 aliphatic carbocycles. The largest absolute Gasteiger partial charge is 0.339 e. The monoisotopic (exact) mass is 405 g/mol. The number of rotatable bonds is 7. The van der Waals surface area contributed by atoms with E-state index in [0.717, 1.165) is 31.7 Å². The summed E-state index contributed by atoms with van der Waals surface area (Å²) in [7, 11) is 0. The van der Waals surface area contributed by atoms with E-state index in [1.54, 1.807) is 9.80 Å². The van der Waals surface area contributed by atoms with Gasteiger partial charge in [-0.2, -0.15) is 0 Å². The fourth-order valence-electron chi connectivity index (χ4n) is 2.92. The van der Waals surface area contributed by atoms with Crippen molar-refractivity contribution in [3.63, 3.8) is 0 Å². The Kier molecular flexibility index (Phi) is 9.91. The second-order valence-electron chi connectivity index (χ2n) is 6.25. The van der Waals surface area contributed by atoms with Crippen LogP contribution in [-0.2, 0) is 4.79 Å². The standard InChI is InChI=1S/C18H25ClFN3O2.ClH/c19-14-6-7-15(16(20)13-14)18(25)23-11-9-22(10-12-23)17(24)5-3-1-2-4-8-21;/h6-7,13H,1-5,8-12,21H2;1H. The van der Waals surface area contributed by atoms with Gasteiger partial charge < -0.3 is 15.5 Å². The minimum absolute atomic E-state index is 0. The summed E-state index contributed by atoms with van der Waals surface area (Å²) in [5.74, 6) is -0.853. The van der Waals surface area contributed by atoms with Crippen LogP contribution >= 0.6 is 24.0 Å². The number of carbonyl (C=O) groups is 2. The predicted octanol–water partition coefficient (Wildman–Crippen LogP) is 3.09. The molecule has 2 N–H and O–H groups in total. The minimum Gasteiger partial charge on any atom is -0.339 e. The number of carbonyl (C=O) groups excluding carboxylic acids is 2. The van der Waals surface area contributed by atoms with Crippen molar-refractivity contribution in [2.75, 3.05) is 32.7 Å². The highest BCUT2D eigenvalue weighted by molar-refractivity contribution is 6.30. The SMILES string of the molecule is Cl.NCCCCCCC(=O)N1CCN(C(=O)c2ccc(Cl)cc2F)CC1. The molecule has 1 saturated heterocycles. The molecule has 2 amide bonds. The number of hydrogen-bond donors (Lipinski definition) is 1. The van der Waals surface area contributed by atoms with Crippen LogP contribution in [0.4, 0.5) is 4.39 Å². The van der Waals surface area contributed by atoms with E-state index in [4.69, 9.17) is 17.3 Å². The lowest BCUT2D eigenvalue weighted by atomic mass is 10.1. The smallest absolute Gasteiger partial charge is 0.256 e. The highest BCUT2D eigenvalue weighted by Gasteiger charge is 2.26. The Morgan fingerprint density at radius 3 is 2.27 bits per heavy atom. The quantitative estimate of drug-likeness (QED) is 0.708. The van der Waals surface area contributed by atoms with Gasteiger partial charge >= 0.3 is 0 Å². The number of nitrogens with zero attached hydrogens (tertiary/aromatic N) is 2. The van der Waals surface area contributed by atoms with Crippen LogP contribution in [0, 0.1) is 5.82 Å². The highest BCUT2D eigenvalue weighted by Crippen LogP contribution is 2.17. The summed E-state index contributed by atoms with van der Waals surface area (Å²) >= 11 is 5.72. The van der Waals surface area contributed by atoms with E-state index >= 15 is 0 Å². The Hall–Kier alpha value is -1.37. The third kappa shape index (κ3) is 6.41. The van der Waals surface area contributed by atoms with Crippen LogP contribution in [0.1, 0.15) is 42.5 Å². The summed E-state index contributed by atoms with van der Waals surface area (Å²) in [6, 6.07) is 4.04. The van der Waals surface area contributed by atoms with Crippen LogP contribution in [0.15, 0.2) is 18.2 Å². The molecule has 0 saturated carbocycles. The van der Waals surface area contributed by atoms with Crippen LogP contribution in [0.5, 0.6) is 0 Å². The molecular weight excluding hydrogens is 380 g/mol. The van der Waals surface area contributed by atoms with Gasteiger partial charge in [0, 0.05) is 37.6 Å². The van der Waals surface area contributed by atoms with Crippen molar-refractivity contribution in [3.05, 3.63) is 34.6 Å². The Balaban J connectivity index is 0.00000338. The fourth-order valence-corrected chi connectivity index (χ4v) is 3.08. The maximum Gasteiger partial charge on any atom is 0.256 e. The van der Waals surface area contributed by atoms with Crippen LogP contribution in [0.2, 0.25) is 5.02 Å². The van der Waals surface area contributed by atoms with Gasteiger partial charge in [0.15, 0.2) is 0 Å². The summed E-state index contributed by atoms with van der Waals surface area (Å²) < 4.78 is 13.9. The normalized spacial score (nSPS) is 14.1. The Morgan fingerprint density at radius 2 is 1.65 bits per heavy atom. The summed E-state index contributed by atoms with van der Waals surface area (Å²) in [5.41, 5.74) is 5.46. The average molecular weight is 406 g/mol. The number of amides is 2. The maximum absolute atomic E-state index is 13.9. The van der Waals surface area contributed by atoms with Crippen molar-refractivity contribution >= 4 is 35.8 Å². The molecule has 5 nitrogen and oxygen atoms in total. The van der Waals surface area contributed by atoms with Gasteiger partial charge in [-0.25, -0.2) is 4.39 Å². The van der Waals surface area contributed by atoms with Crippen molar-refractivity contribution in [1.82, 2.24) is 9.80 Å². The first-order valence-electron chi connectivity index (χ1n) is 8.75. The van der Waals surface area contributed by atoms with Gasteiger partial charge in [-0.3, -0.25) is 9.59 Å². The fraction of sp³-hybridized carbons (Fsp3) is 0.556. The second kappa shape index (κ2) is 11.4. The van der Waals surface area contributed by atoms with Crippen molar-refractivity contribution in [2.24, 2.45) is 5.73 Å². The molecule has 0 unspecified atom stereocenters. The molecule has 0 spiro atoms. The van der Waals surface area contributed by atoms with Gasteiger partial charge in [-0.15, -0.1) is 12.4 Å². The van der Waals surface area contributed by atoms with Gasteiger partial charge in [-0.05, 0) is 37.6 Å². The average Bonchev–Trinajstić information content (AvgIpc) is 2.61. The third-order valence-electron chi connectivity index (χ3n) is 4.43. The molecule has 2 rings (SSSR count). The minimum atomic E-state index is -0.617. The van der Waals surface area contributed by atoms with Gasteiger partial charge in [0.2, 0.25) is 5.91 Å². The van der Waals surface area contributed by atoms with Gasteiger partial charge in [0.25, 0.3) is 5.91 Å². The zero-order valence-electron chi connectivity index (χ0n) is 14.8. The molecule has 0 aromatic heterocycles. The first-order chi connectivity index (χ1) is 12.0. The number of nitrogens with two attached hydrogens (primary N) is 1. The lowest BCUT2D eigenvalue weighted by Crippen LogP contribution is -2.50. The maximum atomic E-state index is 13.9. The number of unbranched alkanes of at least 4 members (excludes halogenated alkanes) is 3. The van der Waals surface area contributed by atoms with Gasteiger partial charge in [0.1, 0.15) is 5.82 Å². The molecule has 1 aromatic rings. The van der Waals surface area contributed by atoms with E-state index in [-0.39, 0.29) is 34.8 Å². The second-order valence-corrected chi connectivity index (χ2v) is 6.69. The van der Waals surface area contributed by atoms with Crippen LogP contribution in [0.25, 0.3) is 0 Å². The van der Waals surface area contributed by atoms with Crippen molar-refractivity contribution in [1.29, 1.82) is 0 Å². The van der Waals surface area contributed by atoms with Crippen LogP contribution in [-0.4, -0.2) is 54.3 Å². The molecular formula is C18H26Cl2FN3O2. The van der Waals surface area contributed by atoms with E-state index in [1.165, 1.54) is 12.1 Å².